The zero-order chi connectivity index (χ0) is 12.0. The highest BCUT2D eigenvalue weighted by Crippen LogP contribution is 2.30. The van der Waals surface area contributed by atoms with Gasteiger partial charge in [-0.3, -0.25) is 0 Å². The first-order valence-electron chi connectivity index (χ1n) is 6.24. The van der Waals surface area contributed by atoms with E-state index in [0.29, 0.717) is 0 Å². The van der Waals surface area contributed by atoms with E-state index in [9.17, 15) is 0 Å². The molecule has 0 N–H and O–H groups in total. The van der Waals surface area contributed by atoms with Crippen LogP contribution in [-0.4, -0.2) is 7.11 Å². The van der Waals surface area contributed by atoms with Crippen molar-refractivity contribution in [1.82, 2.24) is 0 Å². The van der Waals surface area contributed by atoms with Crippen LogP contribution in [0.3, 0.4) is 0 Å². The molecule has 0 aliphatic heterocycles. The van der Waals surface area contributed by atoms with E-state index in [-0.39, 0.29) is 5.41 Å². The molecule has 0 amide bonds. The van der Waals surface area contributed by atoms with E-state index in [1.165, 1.54) is 31.2 Å². The van der Waals surface area contributed by atoms with Crippen molar-refractivity contribution in [2.75, 3.05) is 7.11 Å². The second-order valence-electron chi connectivity index (χ2n) is 5.07. The lowest BCUT2D eigenvalue weighted by molar-refractivity contribution is 0.412. The Morgan fingerprint density at radius 2 is 1.69 bits per heavy atom. The maximum absolute atomic E-state index is 5.18. The fourth-order valence-corrected chi connectivity index (χ4v) is 2.00. The van der Waals surface area contributed by atoms with Crippen LogP contribution in [0.5, 0.6) is 5.75 Å². The van der Waals surface area contributed by atoms with Gasteiger partial charge in [-0.2, -0.15) is 0 Å². The Labute approximate surface area is 99.8 Å². The largest absolute Gasteiger partial charge is 0.497 e. The molecule has 0 spiro atoms. The summed E-state index contributed by atoms with van der Waals surface area (Å²) >= 11 is 0. The Bertz CT molecular complexity index is 298. The summed E-state index contributed by atoms with van der Waals surface area (Å²) in [4.78, 5) is 0. The highest BCUT2D eigenvalue weighted by molar-refractivity contribution is 5.31. The zero-order valence-electron chi connectivity index (χ0n) is 11.0. The molecule has 0 aliphatic rings. The summed E-state index contributed by atoms with van der Waals surface area (Å²) < 4.78 is 5.18. The summed E-state index contributed by atoms with van der Waals surface area (Å²) in [5.41, 5.74) is 1.69. The molecule has 1 heteroatoms. The first-order chi connectivity index (χ1) is 7.60. The van der Waals surface area contributed by atoms with Gasteiger partial charge in [0.2, 0.25) is 0 Å². The summed E-state index contributed by atoms with van der Waals surface area (Å²) in [6.07, 6.45) is 5.20. The molecule has 0 unspecified atom stereocenters. The van der Waals surface area contributed by atoms with Crippen molar-refractivity contribution in [2.24, 2.45) is 0 Å². The van der Waals surface area contributed by atoms with E-state index < -0.39 is 0 Å². The number of benzene rings is 1. The second kappa shape index (κ2) is 5.93. The van der Waals surface area contributed by atoms with Crippen molar-refractivity contribution in [3.05, 3.63) is 29.8 Å². The number of ether oxygens (including phenoxy) is 1. The molecule has 1 rings (SSSR count). The van der Waals surface area contributed by atoms with Crippen molar-refractivity contribution in [3.8, 4) is 5.75 Å². The van der Waals surface area contributed by atoms with Crippen LogP contribution in [0.15, 0.2) is 24.3 Å². The van der Waals surface area contributed by atoms with E-state index in [1.807, 2.05) is 0 Å². The quantitative estimate of drug-likeness (QED) is 0.639. The minimum atomic E-state index is 0.279. The first kappa shape index (κ1) is 13.1. The van der Waals surface area contributed by atoms with Crippen LogP contribution in [0, 0.1) is 0 Å². The molecule has 1 aromatic carbocycles. The lowest BCUT2D eigenvalue weighted by atomic mass is 9.80. The average Bonchev–Trinajstić information content (AvgIpc) is 2.29. The number of rotatable bonds is 6. The van der Waals surface area contributed by atoms with Crippen molar-refractivity contribution in [3.63, 3.8) is 0 Å². The Morgan fingerprint density at radius 1 is 1.06 bits per heavy atom. The minimum absolute atomic E-state index is 0.279. The monoisotopic (exact) mass is 220 g/mol. The fourth-order valence-electron chi connectivity index (χ4n) is 2.00. The maximum atomic E-state index is 5.18. The molecule has 0 saturated heterocycles. The SMILES string of the molecule is CCCCCC(C)(C)c1ccc(OC)cc1. The van der Waals surface area contributed by atoms with Gasteiger partial charge < -0.3 is 4.74 Å². The van der Waals surface area contributed by atoms with Crippen LogP contribution in [-0.2, 0) is 5.41 Å². The van der Waals surface area contributed by atoms with Crippen LogP contribution in [0.4, 0.5) is 0 Å². The third kappa shape index (κ3) is 3.55. The smallest absolute Gasteiger partial charge is 0.118 e. The first-order valence-corrected chi connectivity index (χ1v) is 6.24. The standard InChI is InChI=1S/C15H24O/c1-5-6-7-12-15(2,3)13-8-10-14(16-4)11-9-13/h8-11H,5-7,12H2,1-4H3. The van der Waals surface area contributed by atoms with Gasteiger partial charge in [-0.1, -0.05) is 52.2 Å². The van der Waals surface area contributed by atoms with Crippen LogP contribution < -0.4 is 4.74 Å². The van der Waals surface area contributed by atoms with Gasteiger partial charge in [-0.15, -0.1) is 0 Å². The Hall–Kier alpha value is -0.980. The summed E-state index contributed by atoms with van der Waals surface area (Å²) in [6.45, 7) is 6.90. The lowest BCUT2D eigenvalue weighted by Gasteiger charge is -2.25. The summed E-state index contributed by atoms with van der Waals surface area (Å²) in [5.74, 6) is 0.938. The Kier molecular flexibility index (Phi) is 4.85. The molecule has 0 radical (unpaired) electrons. The summed E-state index contributed by atoms with van der Waals surface area (Å²) in [7, 11) is 1.71. The zero-order valence-corrected chi connectivity index (χ0v) is 11.0. The van der Waals surface area contributed by atoms with Crippen LogP contribution in [0.2, 0.25) is 0 Å². The Balaban J connectivity index is 2.65. The highest BCUT2D eigenvalue weighted by Gasteiger charge is 2.19. The summed E-state index contributed by atoms with van der Waals surface area (Å²) in [5, 5.41) is 0. The van der Waals surface area contributed by atoms with Gasteiger partial charge in [0.05, 0.1) is 7.11 Å². The van der Waals surface area contributed by atoms with Crippen molar-refractivity contribution in [1.29, 1.82) is 0 Å². The van der Waals surface area contributed by atoms with E-state index in [0.717, 1.165) is 5.75 Å². The molecular formula is C15H24O. The molecule has 90 valence electrons. The van der Waals surface area contributed by atoms with Gasteiger partial charge in [0, 0.05) is 0 Å². The van der Waals surface area contributed by atoms with Gasteiger partial charge in [0.1, 0.15) is 5.75 Å². The summed E-state index contributed by atoms with van der Waals surface area (Å²) in [6, 6.07) is 8.48. The maximum Gasteiger partial charge on any atom is 0.118 e. The van der Waals surface area contributed by atoms with Gasteiger partial charge >= 0.3 is 0 Å². The molecule has 1 nitrogen and oxygen atoms in total. The molecule has 0 atom stereocenters. The molecular weight excluding hydrogens is 196 g/mol. The molecule has 0 saturated carbocycles. The predicted molar refractivity (Wildman–Crippen MR) is 70.2 cm³/mol. The molecule has 16 heavy (non-hydrogen) atoms. The topological polar surface area (TPSA) is 9.23 Å². The third-order valence-electron chi connectivity index (χ3n) is 3.28. The minimum Gasteiger partial charge on any atom is -0.497 e. The lowest BCUT2D eigenvalue weighted by Crippen LogP contribution is -2.16. The highest BCUT2D eigenvalue weighted by atomic mass is 16.5. The average molecular weight is 220 g/mol. The molecule has 0 aliphatic carbocycles. The van der Waals surface area contributed by atoms with E-state index in [4.69, 9.17) is 4.74 Å². The number of unbranched alkanes of at least 4 members (excludes halogenated alkanes) is 2. The number of methoxy groups -OCH3 is 1. The van der Waals surface area contributed by atoms with Crippen molar-refractivity contribution >= 4 is 0 Å². The van der Waals surface area contributed by atoms with Crippen molar-refractivity contribution < 1.29 is 4.74 Å². The fraction of sp³-hybridized carbons (Fsp3) is 0.600. The molecule has 1 aromatic rings. The second-order valence-corrected chi connectivity index (χ2v) is 5.07. The normalized spacial score (nSPS) is 11.5. The predicted octanol–water partition coefficient (Wildman–Crippen LogP) is 4.55. The van der Waals surface area contributed by atoms with Crippen LogP contribution in [0.1, 0.15) is 52.0 Å². The van der Waals surface area contributed by atoms with E-state index in [2.05, 4.69) is 45.0 Å². The van der Waals surface area contributed by atoms with Crippen molar-refractivity contribution in [2.45, 2.75) is 51.9 Å². The number of hydrogen-bond acceptors (Lipinski definition) is 1. The Morgan fingerprint density at radius 3 is 2.19 bits per heavy atom. The molecule has 0 heterocycles. The third-order valence-corrected chi connectivity index (χ3v) is 3.28. The van der Waals surface area contributed by atoms with Gasteiger partial charge in [0.25, 0.3) is 0 Å². The molecule has 0 aromatic heterocycles. The van der Waals surface area contributed by atoms with E-state index >= 15 is 0 Å². The van der Waals surface area contributed by atoms with Gasteiger partial charge in [0.15, 0.2) is 0 Å². The number of hydrogen-bond donors (Lipinski definition) is 0. The van der Waals surface area contributed by atoms with Crippen LogP contribution in [0.25, 0.3) is 0 Å². The van der Waals surface area contributed by atoms with Gasteiger partial charge in [-0.05, 0) is 29.5 Å². The van der Waals surface area contributed by atoms with E-state index in [1.54, 1.807) is 7.11 Å². The molecule has 0 bridgehead atoms. The molecule has 0 fully saturated rings. The van der Waals surface area contributed by atoms with Crippen LogP contribution >= 0.6 is 0 Å². The van der Waals surface area contributed by atoms with Gasteiger partial charge in [-0.25, -0.2) is 0 Å².